The zero-order valence-electron chi connectivity index (χ0n) is 9.98. The minimum Gasteiger partial charge on any atom is -0.339 e. The third kappa shape index (κ3) is 3.70. The molecule has 6 heteroatoms. The van der Waals surface area contributed by atoms with Gasteiger partial charge in [0.15, 0.2) is 9.84 Å². The van der Waals surface area contributed by atoms with Crippen molar-refractivity contribution in [1.82, 2.24) is 5.32 Å². The number of amides is 1. The fourth-order valence-electron chi connectivity index (χ4n) is 1.97. The number of nitriles is 1. The molecule has 0 radical (unpaired) electrons. The van der Waals surface area contributed by atoms with Crippen molar-refractivity contribution in [2.45, 2.75) is 50.3 Å². The summed E-state index contributed by atoms with van der Waals surface area (Å²) in [5.74, 6) is -0.430. The van der Waals surface area contributed by atoms with Crippen LogP contribution in [0.3, 0.4) is 0 Å². The van der Waals surface area contributed by atoms with Crippen molar-refractivity contribution in [3.8, 4) is 6.07 Å². The molecule has 2 atom stereocenters. The molecule has 0 spiro atoms. The highest BCUT2D eigenvalue weighted by Gasteiger charge is 2.35. The molecule has 1 fully saturated rings. The molecule has 1 aliphatic rings. The third-order valence-electron chi connectivity index (χ3n) is 2.92. The number of sulfone groups is 1. The summed E-state index contributed by atoms with van der Waals surface area (Å²) in [6, 6.07) is 1.39. The van der Waals surface area contributed by atoms with Gasteiger partial charge in [0, 0.05) is 0 Å². The first kappa shape index (κ1) is 14.0. The zero-order chi connectivity index (χ0) is 12.9. The lowest BCUT2D eigenvalue weighted by molar-refractivity contribution is -0.121. The van der Waals surface area contributed by atoms with E-state index < -0.39 is 27.0 Å². The lowest BCUT2D eigenvalue weighted by Gasteiger charge is -2.22. The van der Waals surface area contributed by atoms with Gasteiger partial charge in [-0.05, 0) is 19.3 Å². The predicted octanol–water partition coefficient (Wildman–Crippen LogP) is 0.762. The average Bonchev–Trinajstić information content (AvgIpc) is 2.27. The largest absolute Gasteiger partial charge is 0.339 e. The number of carbonyl (C=O) groups is 1. The summed E-state index contributed by atoms with van der Waals surface area (Å²) < 4.78 is 23.4. The van der Waals surface area contributed by atoms with Crippen LogP contribution in [0.4, 0.5) is 0 Å². The number of nitrogens with one attached hydrogen (secondary N) is 1. The Kier molecular flexibility index (Phi) is 4.94. The summed E-state index contributed by atoms with van der Waals surface area (Å²) in [7, 11) is -3.31. The molecule has 1 saturated heterocycles. The van der Waals surface area contributed by atoms with Gasteiger partial charge in [-0.1, -0.05) is 19.8 Å². The molecule has 1 heterocycles. The molecule has 1 N–H and O–H groups in total. The van der Waals surface area contributed by atoms with E-state index in [1.807, 2.05) is 13.0 Å². The van der Waals surface area contributed by atoms with Crippen molar-refractivity contribution in [3.63, 3.8) is 0 Å². The van der Waals surface area contributed by atoms with Gasteiger partial charge >= 0.3 is 0 Å². The standard InChI is InChI=1S/C11H18N2O3S/c1-2-5-9(8-12)13-11(14)10-6-3-4-7-17(10,15)16/h9-10H,2-7H2,1H3,(H,13,14). The number of carbonyl (C=O) groups excluding carboxylic acids is 1. The Bertz CT molecular complexity index is 411. The molecule has 0 aliphatic carbocycles. The molecule has 5 nitrogen and oxygen atoms in total. The highest BCUT2D eigenvalue weighted by molar-refractivity contribution is 7.92. The van der Waals surface area contributed by atoms with E-state index in [0.717, 1.165) is 12.8 Å². The molecule has 2 unspecified atom stereocenters. The summed E-state index contributed by atoms with van der Waals surface area (Å²) in [5.41, 5.74) is 0. The lowest BCUT2D eigenvalue weighted by Crippen LogP contribution is -2.46. The van der Waals surface area contributed by atoms with Crippen molar-refractivity contribution in [2.24, 2.45) is 0 Å². The van der Waals surface area contributed by atoms with Gasteiger partial charge in [0.2, 0.25) is 5.91 Å². The average molecular weight is 258 g/mol. The molecule has 0 bridgehead atoms. The summed E-state index contributed by atoms with van der Waals surface area (Å²) in [6.45, 7) is 1.91. The molecule has 1 aliphatic heterocycles. The van der Waals surface area contributed by atoms with Crippen LogP contribution in [0.5, 0.6) is 0 Å². The van der Waals surface area contributed by atoms with Crippen LogP contribution in [0.2, 0.25) is 0 Å². The quantitative estimate of drug-likeness (QED) is 0.806. The minimum absolute atomic E-state index is 0.0794. The van der Waals surface area contributed by atoms with Gasteiger partial charge in [-0.15, -0.1) is 0 Å². The maximum Gasteiger partial charge on any atom is 0.239 e. The van der Waals surface area contributed by atoms with Crippen LogP contribution >= 0.6 is 0 Å². The van der Waals surface area contributed by atoms with Gasteiger partial charge in [-0.3, -0.25) is 4.79 Å². The van der Waals surface area contributed by atoms with Crippen LogP contribution in [0.1, 0.15) is 39.0 Å². The first-order chi connectivity index (χ1) is 8.01. The van der Waals surface area contributed by atoms with E-state index in [1.54, 1.807) is 0 Å². The second-order valence-electron chi connectivity index (χ2n) is 4.33. The number of hydrogen-bond acceptors (Lipinski definition) is 4. The van der Waals surface area contributed by atoms with E-state index in [1.165, 1.54) is 0 Å². The lowest BCUT2D eigenvalue weighted by atomic mass is 10.1. The molecular formula is C11H18N2O3S. The number of hydrogen-bond donors (Lipinski definition) is 1. The van der Waals surface area contributed by atoms with E-state index >= 15 is 0 Å². The first-order valence-electron chi connectivity index (χ1n) is 5.93. The number of nitrogens with zero attached hydrogens (tertiary/aromatic N) is 1. The van der Waals surface area contributed by atoms with Crippen LogP contribution in [0.15, 0.2) is 0 Å². The molecule has 1 rings (SSSR count). The summed E-state index contributed by atoms with van der Waals surface area (Å²) in [5, 5.41) is 10.4. The monoisotopic (exact) mass is 258 g/mol. The van der Waals surface area contributed by atoms with Gasteiger partial charge in [0.1, 0.15) is 11.3 Å². The summed E-state index contributed by atoms with van der Waals surface area (Å²) in [6.07, 6.45) is 3.08. The second-order valence-corrected chi connectivity index (χ2v) is 6.63. The molecule has 0 aromatic carbocycles. The molecule has 96 valence electrons. The van der Waals surface area contributed by atoms with Crippen molar-refractivity contribution in [3.05, 3.63) is 0 Å². The maximum atomic E-state index is 11.8. The fourth-order valence-corrected chi connectivity index (χ4v) is 3.78. The number of rotatable bonds is 4. The molecular weight excluding hydrogens is 240 g/mol. The molecule has 1 amide bonds. The normalized spacial score (nSPS) is 24.6. The van der Waals surface area contributed by atoms with Crippen molar-refractivity contribution < 1.29 is 13.2 Å². The molecule has 17 heavy (non-hydrogen) atoms. The van der Waals surface area contributed by atoms with Crippen molar-refractivity contribution in [1.29, 1.82) is 5.26 Å². The van der Waals surface area contributed by atoms with E-state index in [-0.39, 0.29) is 5.75 Å². The molecule has 0 saturated carbocycles. The van der Waals surface area contributed by atoms with Crippen LogP contribution in [0.25, 0.3) is 0 Å². The summed E-state index contributed by atoms with van der Waals surface area (Å²) in [4.78, 5) is 11.8. The van der Waals surface area contributed by atoms with E-state index in [2.05, 4.69) is 5.32 Å². The first-order valence-corrected chi connectivity index (χ1v) is 7.64. The highest BCUT2D eigenvalue weighted by Crippen LogP contribution is 2.19. The Labute approximate surface area is 102 Å². The topological polar surface area (TPSA) is 87.0 Å². The fraction of sp³-hybridized carbons (Fsp3) is 0.818. The Morgan fingerprint density at radius 1 is 1.53 bits per heavy atom. The second kappa shape index (κ2) is 6.01. The maximum absolute atomic E-state index is 11.8. The van der Waals surface area contributed by atoms with Gasteiger partial charge in [0.05, 0.1) is 11.8 Å². The van der Waals surface area contributed by atoms with Gasteiger partial charge in [0.25, 0.3) is 0 Å². The van der Waals surface area contributed by atoms with Crippen LogP contribution < -0.4 is 5.32 Å². The SMILES string of the molecule is CCCC(C#N)NC(=O)C1CCCCS1(=O)=O. The van der Waals surface area contributed by atoms with E-state index in [0.29, 0.717) is 19.3 Å². The Balaban J connectivity index is 2.66. The molecule has 0 aromatic rings. The predicted molar refractivity (Wildman–Crippen MR) is 63.9 cm³/mol. The Morgan fingerprint density at radius 2 is 2.24 bits per heavy atom. The van der Waals surface area contributed by atoms with Crippen LogP contribution in [-0.4, -0.2) is 31.4 Å². The smallest absolute Gasteiger partial charge is 0.239 e. The highest BCUT2D eigenvalue weighted by atomic mass is 32.2. The van der Waals surface area contributed by atoms with E-state index in [4.69, 9.17) is 5.26 Å². The van der Waals surface area contributed by atoms with Gasteiger partial charge in [-0.25, -0.2) is 8.42 Å². The van der Waals surface area contributed by atoms with Crippen molar-refractivity contribution in [2.75, 3.05) is 5.75 Å². The minimum atomic E-state index is -3.31. The van der Waals surface area contributed by atoms with Gasteiger partial charge < -0.3 is 5.32 Å². The summed E-state index contributed by atoms with van der Waals surface area (Å²) >= 11 is 0. The van der Waals surface area contributed by atoms with E-state index in [9.17, 15) is 13.2 Å². The molecule has 0 aromatic heterocycles. The van der Waals surface area contributed by atoms with Crippen molar-refractivity contribution >= 4 is 15.7 Å². The Hall–Kier alpha value is -1.09. The zero-order valence-corrected chi connectivity index (χ0v) is 10.8. The van der Waals surface area contributed by atoms with Gasteiger partial charge in [-0.2, -0.15) is 5.26 Å². The van der Waals surface area contributed by atoms with Crippen LogP contribution in [-0.2, 0) is 14.6 Å². The van der Waals surface area contributed by atoms with Crippen LogP contribution in [0, 0.1) is 11.3 Å². The Morgan fingerprint density at radius 3 is 2.76 bits per heavy atom. The third-order valence-corrected chi connectivity index (χ3v) is 5.10.